The van der Waals surface area contributed by atoms with Crippen LogP contribution in [-0.4, -0.2) is 18.3 Å². The lowest BCUT2D eigenvalue weighted by atomic mass is 10.2. The zero-order chi connectivity index (χ0) is 16.4. The van der Waals surface area contributed by atoms with Gasteiger partial charge in [-0.1, -0.05) is 22.8 Å². The highest BCUT2D eigenvalue weighted by molar-refractivity contribution is 6.31. The summed E-state index contributed by atoms with van der Waals surface area (Å²) in [7, 11) is 1.58. The summed E-state index contributed by atoms with van der Waals surface area (Å²) in [6.45, 7) is 2.12. The monoisotopic (exact) mass is 335 g/mol. The molecule has 1 aliphatic rings. The van der Waals surface area contributed by atoms with Crippen molar-refractivity contribution in [3.8, 4) is 0 Å². The van der Waals surface area contributed by atoms with Crippen molar-refractivity contribution in [2.24, 2.45) is 0 Å². The van der Waals surface area contributed by atoms with Crippen LogP contribution in [-0.2, 0) is 11.3 Å². The van der Waals surface area contributed by atoms with Crippen LogP contribution in [0.4, 0.5) is 16.2 Å². The molecule has 1 aromatic heterocycles. The fourth-order valence-electron chi connectivity index (χ4n) is 2.40. The summed E-state index contributed by atoms with van der Waals surface area (Å²) in [6.07, 6.45) is 2.13. The Kier molecular flexibility index (Phi) is 4.54. The van der Waals surface area contributed by atoms with E-state index in [4.69, 9.17) is 20.9 Å². The minimum Gasteiger partial charge on any atom is -0.380 e. The van der Waals surface area contributed by atoms with Crippen molar-refractivity contribution in [3.63, 3.8) is 0 Å². The Balaban J connectivity index is 1.75. The van der Waals surface area contributed by atoms with Gasteiger partial charge in [-0.15, -0.1) is 0 Å². The molecule has 0 bridgehead atoms. The third kappa shape index (κ3) is 3.48. The van der Waals surface area contributed by atoms with E-state index in [1.54, 1.807) is 32.2 Å². The number of methoxy groups -OCH3 is 1. The maximum Gasteiger partial charge on any atom is 0.323 e. The quantitative estimate of drug-likeness (QED) is 0.853. The van der Waals surface area contributed by atoms with Crippen molar-refractivity contribution >= 4 is 29.0 Å². The molecule has 0 spiro atoms. The van der Waals surface area contributed by atoms with Crippen molar-refractivity contribution < 1.29 is 14.1 Å². The van der Waals surface area contributed by atoms with Gasteiger partial charge in [0.15, 0.2) is 5.76 Å². The smallest absolute Gasteiger partial charge is 0.323 e. The van der Waals surface area contributed by atoms with Gasteiger partial charge in [-0.25, -0.2) is 4.79 Å². The van der Waals surface area contributed by atoms with Gasteiger partial charge < -0.3 is 19.9 Å². The topological polar surface area (TPSA) is 76.4 Å². The number of nitrogens with one attached hydrogen (secondary N) is 2. The van der Waals surface area contributed by atoms with Crippen LogP contribution < -0.4 is 10.6 Å². The number of hydrogen-bond acceptors (Lipinski definition) is 4. The third-order valence-electron chi connectivity index (χ3n) is 3.73. The molecule has 1 aliphatic carbocycles. The average molecular weight is 336 g/mol. The fourth-order valence-corrected chi connectivity index (χ4v) is 2.63. The molecule has 0 atom stereocenters. The number of carbonyl (C=O) groups is 1. The van der Waals surface area contributed by atoms with Crippen LogP contribution in [0.15, 0.2) is 22.7 Å². The van der Waals surface area contributed by atoms with E-state index in [1.165, 1.54) is 0 Å². The highest BCUT2D eigenvalue weighted by Crippen LogP contribution is 2.44. The molecule has 122 valence electrons. The minimum atomic E-state index is -0.363. The summed E-state index contributed by atoms with van der Waals surface area (Å²) in [5.74, 6) is 1.11. The molecule has 23 heavy (non-hydrogen) atoms. The lowest BCUT2D eigenvalue weighted by Gasteiger charge is -2.13. The van der Waals surface area contributed by atoms with Gasteiger partial charge in [-0.2, -0.15) is 0 Å². The third-order valence-corrected chi connectivity index (χ3v) is 4.09. The summed E-state index contributed by atoms with van der Waals surface area (Å²) in [5, 5.41) is 10.1. The second-order valence-corrected chi connectivity index (χ2v) is 5.97. The molecule has 1 aromatic carbocycles. The molecule has 3 rings (SSSR count). The number of halogens is 1. The zero-order valence-electron chi connectivity index (χ0n) is 13.0. The normalized spacial score (nSPS) is 13.9. The number of rotatable bonds is 5. The average Bonchev–Trinajstić information content (AvgIpc) is 3.29. The van der Waals surface area contributed by atoms with Gasteiger partial charge in [0.25, 0.3) is 0 Å². The lowest BCUT2D eigenvalue weighted by Crippen LogP contribution is -2.21. The number of urea groups is 1. The molecule has 6 nitrogen and oxygen atoms in total. The molecule has 1 saturated carbocycles. The van der Waals surface area contributed by atoms with Crippen molar-refractivity contribution in [1.82, 2.24) is 5.16 Å². The number of aryl methyl sites for hydroxylation is 1. The molecule has 1 fully saturated rings. The number of aromatic nitrogens is 1. The Morgan fingerprint density at radius 2 is 2.22 bits per heavy atom. The van der Waals surface area contributed by atoms with Crippen LogP contribution in [0.1, 0.15) is 35.8 Å². The Morgan fingerprint density at radius 3 is 2.91 bits per heavy atom. The summed E-state index contributed by atoms with van der Waals surface area (Å²) in [4.78, 5) is 12.3. The van der Waals surface area contributed by atoms with Crippen LogP contribution in [0.3, 0.4) is 0 Å². The molecule has 2 amide bonds. The van der Waals surface area contributed by atoms with Crippen molar-refractivity contribution in [1.29, 1.82) is 0 Å². The Bertz CT molecular complexity index is 725. The van der Waals surface area contributed by atoms with E-state index in [2.05, 4.69) is 15.8 Å². The summed E-state index contributed by atoms with van der Waals surface area (Å²) >= 11 is 6.16. The maximum atomic E-state index is 12.3. The van der Waals surface area contributed by atoms with Gasteiger partial charge in [0.1, 0.15) is 11.4 Å². The number of ether oxygens (including phenoxy) is 1. The summed E-state index contributed by atoms with van der Waals surface area (Å²) < 4.78 is 10.5. The van der Waals surface area contributed by atoms with Crippen LogP contribution >= 0.6 is 11.6 Å². The van der Waals surface area contributed by atoms with Gasteiger partial charge in [0, 0.05) is 29.3 Å². The first-order chi connectivity index (χ1) is 11.1. The van der Waals surface area contributed by atoms with E-state index in [9.17, 15) is 4.79 Å². The van der Waals surface area contributed by atoms with E-state index in [0.29, 0.717) is 34.6 Å². The number of hydrogen-bond donors (Lipinski definition) is 2. The summed E-state index contributed by atoms with van der Waals surface area (Å²) in [6, 6.07) is 4.95. The van der Waals surface area contributed by atoms with Gasteiger partial charge in [0.2, 0.25) is 0 Å². The number of nitrogens with zero attached hydrogens (tertiary/aromatic N) is 1. The van der Waals surface area contributed by atoms with Crippen molar-refractivity contribution in [2.45, 2.75) is 32.3 Å². The number of benzene rings is 1. The molecule has 0 saturated heterocycles. The van der Waals surface area contributed by atoms with E-state index < -0.39 is 0 Å². The molecule has 2 aromatic rings. The first-order valence-electron chi connectivity index (χ1n) is 7.40. The van der Waals surface area contributed by atoms with Gasteiger partial charge >= 0.3 is 6.03 Å². The standard InChI is InChI=1S/C16H18ClN3O3/c1-9-14(15(23-20-9)10-6-7-10)19-16(21)18-13-5-3-4-12(17)11(13)8-22-2/h3-5,10H,6-8H2,1-2H3,(H2,18,19,21). The molecule has 1 heterocycles. The van der Waals surface area contributed by atoms with Crippen LogP contribution in [0, 0.1) is 6.92 Å². The first kappa shape index (κ1) is 15.8. The number of carbonyl (C=O) groups excluding carboxylic acids is 1. The number of anilines is 2. The lowest BCUT2D eigenvalue weighted by molar-refractivity contribution is 0.185. The van der Waals surface area contributed by atoms with E-state index in [0.717, 1.165) is 24.2 Å². The predicted molar refractivity (Wildman–Crippen MR) is 88.0 cm³/mol. The zero-order valence-corrected chi connectivity index (χ0v) is 13.7. The molecular formula is C16H18ClN3O3. The van der Waals surface area contributed by atoms with E-state index in [1.807, 2.05) is 0 Å². The predicted octanol–water partition coefficient (Wildman–Crippen LogP) is 4.30. The van der Waals surface area contributed by atoms with E-state index >= 15 is 0 Å². The molecule has 0 radical (unpaired) electrons. The Labute approximate surface area is 139 Å². The van der Waals surface area contributed by atoms with Gasteiger partial charge in [-0.05, 0) is 31.9 Å². The molecule has 0 unspecified atom stereocenters. The SMILES string of the molecule is COCc1c(Cl)cccc1NC(=O)Nc1c(C)noc1C1CC1. The minimum absolute atomic E-state index is 0.314. The van der Waals surface area contributed by atoms with Crippen molar-refractivity contribution in [2.75, 3.05) is 17.7 Å². The van der Waals surface area contributed by atoms with Crippen LogP contribution in [0.25, 0.3) is 0 Å². The first-order valence-corrected chi connectivity index (χ1v) is 7.78. The Morgan fingerprint density at radius 1 is 1.43 bits per heavy atom. The molecular weight excluding hydrogens is 318 g/mol. The van der Waals surface area contributed by atoms with Gasteiger partial charge in [-0.3, -0.25) is 0 Å². The summed E-state index contributed by atoms with van der Waals surface area (Å²) in [5.41, 5.74) is 2.67. The largest absolute Gasteiger partial charge is 0.380 e. The second kappa shape index (κ2) is 6.60. The second-order valence-electron chi connectivity index (χ2n) is 5.56. The Hall–Kier alpha value is -2.05. The molecule has 0 aliphatic heterocycles. The molecule has 7 heteroatoms. The fraction of sp³-hybridized carbons (Fsp3) is 0.375. The number of amides is 2. The van der Waals surface area contributed by atoms with Crippen LogP contribution in [0.2, 0.25) is 5.02 Å². The molecule has 2 N–H and O–H groups in total. The van der Waals surface area contributed by atoms with Crippen LogP contribution in [0.5, 0.6) is 0 Å². The van der Waals surface area contributed by atoms with E-state index in [-0.39, 0.29) is 6.03 Å². The highest BCUT2D eigenvalue weighted by Gasteiger charge is 2.32. The highest BCUT2D eigenvalue weighted by atomic mass is 35.5. The van der Waals surface area contributed by atoms with Gasteiger partial charge in [0.05, 0.1) is 6.61 Å². The van der Waals surface area contributed by atoms with Crippen molar-refractivity contribution in [3.05, 3.63) is 40.2 Å². The maximum absolute atomic E-state index is 12.3.